The summed E-state index contributed by atoms with van der Waals surface area (Å²) in [5.41, 5.74) is 5.45. The van der Waals surface area contributed by atoms with Crippen molar-refractivity contribution in [3.63, 3.8) is 0 Å². The van der Waals surface area contributed by atoms with E-state index >= 15 is 0 Å². The Morgan fingerprint density at radius 3 is 2.14 bits per heavy atom. The first-order valence-corrected chi connectivity index (χ1v) is 5.66. The monoisotopic (exact) mass is 200 g/mol. The molecule has 0 aromatic carbocycles. The van der Waals surface area contributed by atoms with E-state index < -0.39 is 0 Å². The summed E-state index contributed by atoms with van der Waals surface area (Å²) in [5, 5.41) is 2.94. The van der Waals surface area contributed by atoms with Crippen LogP contribution < -0.4 is 11.1 Å². The van der Waals surface area contributed by atoms with Crippen molar-refractivity contribution < 1.29 is 4.79 Å². The van der Waals surface area contributed by atoms with Gasteiger partial charge in [0.05, 0.1) is 0 Å². The molecule has 0 aliphatic carbocycles. The second-order valence-electron chi connectivity index (χ2n) is 3.92. The minimum atomic E-state index is 0.0960. The van der Waals surface area contributed by atoms with Gasteiger partial charge < -0.3 is 11.1 Å². The first-order valence-electron chi connectivity index (χ1n) is 5.66. The number of nitrogens with two attached hydrogens (primary N) is 1. The third kappa shape index (κ3) is 5.22. The summed E-state index contributed by atoms with van der Waals surface area (Å²) >= 11 is 0. The van der Waals surface area contributed by atoms with Crippen molar-refractivity contribution in [3.8, 4) is 0 Å². The molecule has 0 spiro atoms. The third-order valence-electron chi connectivity index (χ3n) is 2.39. The molecule has 0 bridgehead atoms. The van der Waals surface area contributed by atoms with Crippen molar-refractivity contribution in [3.05, 3.63) is 0 Å². The van der Waals surface area contributed by atoms with Crippen LogP contribution in [0.15, 0.2) is 0 Å². The molecule has 14 heavy (non-hydrogen) atoms. The minimum Gasteiger partial charge on any atom is -0.352 e. The Labute approximate surface area is 87.4 Å². The highest BCUT2D eigenvalue weighted by molar-refractivity contribution is 5.78. The fraction of sp³-hybridized carbons (Fsp3) is 0.909. The van der Waals surface area contributed by atoms with Gasteiger partial charge in [0.15, 0.2) is 0 Å². The maximum absolute atomic E-state index is 11.7. The summed E-state index contributed by atoms with van der Waals surface area (Å²) in [5.74, 6) is 0.352. The summed E-state index contributed by atoms with van der Waals surface area (Å²) < 4.78 is 0. The van der Waals surface area contributed by atoms with E-state index in [-0.39, 0.29) is 17.9 Å². The maximum atomic E-state index is 11.7. The number of carbonyl (C=O) groups is 1. The molecule has 0 saturated heterocycles. The lowest BCUT2D eigenvalue weighted by molar-refractivity contribution is -0.126. The Balaban J connectivity index is 4.00. The molecule has 1 amide bonds. The van der Waals surface area contributed by atoms with Gasteiger partial charge in [-0.25, -0.2) is 0 Å². The molecular formula is C11H24N2O. The first-order chi connectivity index (χ1) is 6.65. The van der Waals surface area contributed by atoms with E-state index in [1.165, 1.54) is 0 Å². The van der Waals surface area contributed by atoms with Crippen LogP contribution in [0.3, 0.4) is 0 Å². The second-order valence-corrected chi connectivity index (χ2v) is 3.92. The number of nitrogens with one attached hydrogen (secondary N) is 1. The van der Waals surface area contributed by atoms with Crippen LogP contribution in [-0.4, -0.2) is 18.5 Å². The molecule has 0 saturated carbocycles. The molecule has 0 aliphatic heterocycles. The summed E-state index contributed by atoms with van der Waals surface area (Å²) in [7, 11) is 0. The Hall–Kier alpha value is -0.570. The predicted molar refractivity (Wildman–Crippen MR) is 60.0 cm³/mol. The molecule has 3 heteroatoms. The van der Waals surface area contributed by atoms with Crippen molar-refractivity contribution in [1.29, 1.82) is 0 Å². The largest absolute Gasteiger partial charge is 0.352 e. The van der Waals surface area contributed by atoms with Crippen LogP contribution in [0.5, 0.6) is 0 Å². The normalized spacial score (nSPS) is 12.9. The van der Waals surface area contributed by atoms with Gasteiger partial charge in [-0.2, -0.15) is 0 Å². The summed E-state index contributed by atoms with van der Waals surface area (Å²) in [6.45, 7) is 6.67. The SMILES string of the molecule is CCCC(CCC)C(=O)N[C@H](C)CN. The fourth-order valence-corrected chi connectivity index (χ4v) is 1.52. The van der Waals surface area contributed by atoms with E-state index in [2.05, 4.69) is 19.2 Å². The average Bonchev–Trinajstić information content (AvgIpc) is 2.17. The van der Waals surface area contributed by atoms with Crippen molar-refractivity contribution in [1.82, 2.24) is 5.32 Å². The lowest BCUT2D eigenvalue weighted by atomic mass is 9.97. The quantitative estimate of drug-likeness (QED) is 0.657. The highest BCUT2D eigenvalue weighted by atomic mass is 16.1. The van der Waals surface area contributed by atoms with E-state index in [4.69, 9.17) is 5.73 Å². The smallest absolute Gasteiger partial charge is 0.223 e. The number of carbonyl (C=O) groups excluding carboxylic acids is 1. The van der Waals surface area contributed by atoms with Gasteiger partial charge in [0, 0.05) is 18.5 Å². The maximum Gasteiger partial charge on any atom is 0.223 e. The fourth-order valence-electron chi connectivity index (χ4n) is 1.52. The van der Waals surface area contributed by atoms with Gasteiger partial charge >= 0.3 is 0 Å². The third-order valence-corrected chi connectivity index (χ3v) is 2.39. The van der Waals surface area contributed by atoms with Gasteiger partial charge in [-0.3, -0.25) is 4.79 Å². The number of rotatable bonds is 7. The number of hydrogen-bond donors (Lipinski definition) is 2. The molecule has 3 N–H and O–H groups in total. The molecule has 0 aliphatic rings. The molecule has 84 valence electrons. The molecule has 0 heterocycles. The zero-order valence-corrected chi connectivity index (χ0v) is 9.68. The number of amides is 1. The summed E-state index contributed by atoms with van der Waals surface area (Å²) in [6, 6.07) is 0.0960. The highest BCUT2D eigenvalue weighted by Gasteiger charge is 2.17. The molecule has 1 atom stereocenters. The standard InChI is InChI=1S/C11H24N2O/c1-4-6-10(7-5-2)11(14)13-9(3)8-12/h9-10H,4-8,12H2,1-3H3,(H,13,14)/t9-/m1/s1. The van der Waals surface area contributed by atoms with Gasteiger partial charge in [0.2, 0.25) is 5.91 Å². The van der Waals surface area contributed by atoms with Crippen LogP contribution in [-0.2, 0) is 4.79 Å². The van der Waals surface area contributed by atoms with Crippen LogP contribution in [0.4, 0.5) is 0 Å². The molecule has 0 fully saturated rings. The van der Waals surface area contributed by atoms with Crippen molar-refractivity contribution in [2.45, 2.75) is 52.5 Å². The Bertz CT molecular complexity index is 153. The van der Waals surface area contributed by atoms with E-state index in [0.717, 1.165) is 25.7 Å². The van der Waals surface area contributed by atoms with Gasteiger partial charge in [-0.15, -0.1) is 0 Å². The Morgan fingerprint density at radius 1 is 1.29 bits per heavy atom. The van der Waals surface area contributed by atoms with Gasteiger partial charge in [0.1, 0.15) is 0 Å². The molecule has 0 aromatic rings. The van der Waals surface area contributed by atoms with Crippen LogP contribution in [0.1, 0.15) is 46.5 Å². The lowest BCUT2D eigenvalue weighted by Gasteiger charge is -2.18. The molecular weight excluding hydrogens is 176 g/mol. The van der Waals surface area contributed by atoms with E-state index in [9.17, 15) is 4.79 Å². The Kier molecular flexibility index (Phi) is 7.48. The van der Waals surface area contributed by atoms with Crippen molar-refractivity contribution >= 4 is 5.91 Å². The summed E-state index contributed by atoms with van der Waals surface area (Å²) in [6.07, 6.45) is 4.10. The van der Waals surface area contributed by atoms with Gasteiger partial charge in [-0.05, 0) is 19.8 Å². The summed E-state index contributed by atoms with van der Waals surface area (Å²) in [4.78, 5) is 11.7. The Morgan fingerprint density at radius 2 is 1.79 bits per heavy atom. The average molecular weight is 200 g/mol. The van der Waals surface area contributed by atoms with Crippen molar-refractivity contribution in [2.75, 3.05) is 6.54 Å². The zero-order chi connectivity index (χ0) is 11.0. The molecule has 0 radical (unpaired) electrons. The van der Waals surface area contributed by atoms with E-state index in [1.807, 2.05) is 6.92 Å². The molecule has 0 rings (SSSR count). The second kappa shape index (κ2) is 7.80. The minimum absolute atomic E-state index is 0.0960. The van der Waals surface area contributed by atoms with Crippen LogP contribution >= 0.6 is 0 Å². The molecule has 3 nitrogen and oxygen atoms in total. The van der Waals surface area contributed by atoms with E-state index in [0.29, 0.717) is 6.54 Å². The van der Waals surface area contributed by atoms with E-state index in [1.54, 1.807) is 0 Å². The van der Waals surface area contributed by atoms with Crippen LogP contribution in [0, 0.1) is 5.92 Å². The van der Waals surface area contributed by atoms with Gasteiger partial charge in [-0.1, -0.05) is 26.7 Å². The van der Waals surface area contributed by atoms with Crippen LogP contribution in [0.2, 0.25) is 0 Å². The zero-order valence-electron chi connectivity index (χ0n) is 9.68. The number of hydrogen-bond acceptors (Lipinski definition) is 2. The lowest BCUT2D eigenvalue weighted by Crippen LogP contribution is -2.41. The predicted octanol–water partition coefficient (Wildman–Crippen LogP) is 1.67. The van der Waals surface area contributed by atoms with Crippen molar-refractivity contribution in [2.24, 2.45) is 11.7 Å². The van der Waals surface area contributed by atoms with Gasteiger partial charge in [0.25, 0.3) is 0 Å². The molecule has 0 aromatic heterocycles. The highest BCUT2D eigenvalue weighted by Crippen LogP contribution is 2.13. The topological polar surface area (TPSA) is 55.1 Å². The van der Waals surface area contributed by atoms with Crippen LogP contribution in [0.25, 0.3) is 0 Å². The molecule has 0 unspecified atom stereocenters. The first kappa shape index (κ1) is 13.4.